The van der Waals surface area contributed by atoms with Gasteiger partial charge in [0.15, 0.2) is 0 Å². The third-order valence-electron chi connectivity index (χ3n) is 4.28. The Hall–Kier alpha value is -3.22. The minimum absolute atomic E-state index is 0.323. The topological polar surface area (TPSA) is 69.2 Å². The summed E-state index contributed by atoms with van der Waals surface area (Å²) in [5, 5.41) is 5.13. The number of benzene rings is 3. The second-order valence-electron chi connectivity index (χ2n) is 6.39. The van der Waals surface area contributed by atoms with Crippen LogP contribution in [0.15, 0.2) is 65.8 Å². The lowest BCUT2D eigenvalue weighted by atomic mass is 10.2. The van der Waals surface area contributed by atoms with Gasteiger partial charge in [0.05, 0.1) is 20.4 Å². The third-order valence-corrected chi connectivity index (χ3v) is 4.87. The number of methoxy groups -OCH3 is 2. The lowest BCUT2D eigenvalue weighted by molar-refractivity contribution is 0.0954. The molecular weight excluding hydrogens is 439 g/mol. The fourth-order valence-electron chi connectivity index (χ4n) is 2.62. The average Bonchev–Trinajstić information content (AvgIpc) is 2.79. The fraction of sp³-hybridized carbons (Fsp3) is 0.130. The van der Waals surface area contributed by atoms with Crippen LogP contribution in [0.25, 0.3) is 0 Å². The van der Waals surface area contributed by atoms with Gasteiger partial charge in [0.1, 0.15) is 23.9 Å². The first-order valence-electron chi connectivity index (χ1n) is 9.22. The minimum Gasteiger partial charge on any atom is -0.497 e. The summed E-state index contributed by atoms with van der Waals surface area (Å²) in [5.41, 5.74) is 4.49. The molecule has 0 aliphatic rings. The van der Waals surface area contributed by atoms with Crippen molar-refractivity contribution < 1.29 is 19.0 Å². The van der Waals surface area contributed by atoms with Crippen LogP contribution < -0.4 is 19.6 Å². The normalized spacial score (nSPS) is 10.7. The number of carbonyl (C=O) groups is 1. The molecule has 6 nitrogen and oxygen atoms in total. The Bertz CT molecular complexity index is 1060. The first-order chi connectivity index (χ1) is 15.0. The van der Waals surface area contributed by atoms with Crippen LogP contribution in [0.5, 0.6) is 17.2 Å². The number of hydrogen-bond donors (Lipinski definition) is 1. The van der Waals surface area contributed by atoms with Gasteiger partial charge in [-0.25, -0.2) is 5.43 Å². The lowest BCUT2D eigenvalue weighted by Crippen LogP contribution is -2.17. The summed E-state index contributed by atoms with van der Waals surface area (Å²) in [6.45, 7) is 0.323. The van der Waals surface area contributed by atoms with Crippen molar-refractivity contribution in [2.45, 2.75) is 6.61 Å². The zero-order valence-corrected chi connectivity index (χ0v) is 18.4. The first kappa shape index (κ1) is 22.5. The Balaban J connectivity index is 1.56. The second kappa shape index (κ2) is 10.7. The van der Waals surface area contributed by atoms with E-state index in [0.717, 1.165) is 11.1 Å². The van der Waals surface area contributed by atoms with E-state index in [9.17, 15) is 4.79 Å². The summed E-state index contributed by atoms with van der Waals surface area (Å²) in [6.07, 6.45) is 1.54. The van der Waals surface area contributed by atoms with Crippen molar-refractivity contribution in [2.75, 3.05) is 14.2 Å². The second-order valence-corrected chi connectivity index (χ2v) is 7.24. The molecule has 0 unspecified atom stereocenters. The molecule has 0 saturated heterocycles. The van der Waals surface area contributed by atoms with Crippen molar-refractivity contribution in [3.63, 3.8) is 0 Å². The standard InChI is InChI=1S/C23H20Cl2N2O4/c1-29-20-9-17(10-21(12-20)30-2)23(28)27-26-13-15-3-7-19(8-4-15)31-14-16-5-6-18(24)11-22(16)25/h3-13H,14H2,1-2H3,(H,27,28)/b26-13-. The summed E-state index contributed by atoms with van der Waals surface area (Å²) >= 11 is 12.1. The molecule has 3 aromatic carbocycles. The van der Waals surface area contributed by atoms with Gasteiger partial charge in [0.25, 0.3) is 5.91 Å². The molecule has 160 valence electrons. The molecule has 0 spiro atoms. The van der Waals surface area contributed by atoms with E-state index in [1.54, 1.807) is 42.5 Å². The molecule has 0 atom stereocenters. The molecule has 8 heteroatoms. The van der Waals surface area contributed by atoms with Crippen LogP contribution in [0.2, 0.25) is 10.0 Å². The van der Waals surface area contributed by atoms with Crippen molar-refractivity contribution in [3.05, 3.63) is 87.4 Å². The van der Waals surface area contributed by atoms with E-state index in [1.165, 1.54) is 20.4 Å². The van der Waals surface area contributed by atoms with Gasteiger partial charge >= 0.3 is 0 Å². The van der Waals surface area contributed by atoms with Crippen LogP contribution in [0, 0.1) is 0 Å². The predicted molar refractivity (Wildman–Crippen MR) is 122 cm³/mol. The highest BCUT2D eigenvalue weighted by molar-refractivity contribution is 6.35. The number of rotatable bonds is 8. The Morgan fingerprint density at radius 2 is 1.61 bits per heavy atom. The Morgan fingerprint density at radius 3 is 2.23 bits per heavy atom. The van der Waals surface area contributed by atoms with E-state index in [0.29, 0.717) is 39.5 Å². The zero-order valence-electron chi connectivity index (χ0n) is 16.9. The molecule has 0 fully saturated rings. The highest BCUT2D eigenvalue weighted by Crippen LogP contribution is 2.23. The number of nitrogens with zero attached hydrogens (tertiary/aromatic N) is 1. The van der Waals surface area contributed by atoms with E-state index < -0.39 is 0 Å². The number of amides is 1. The maximum absolute atomic E-state index is 12.3. The first-order valence-corrected chi connectivity index (χ1v) is 9.97. The molecule has 0 heterocycles. The van der Waals surface area contributed by atoms with E-state index in [-0.39, 0.29) is 5.91 Å². The number of nitrogens with one attached hydrogen (secondary N) is 1. The lowest BCUT2D eigenvalue weighted by Gasteiger charge is -2.08. The number of halogens is 2. The van der Waals surface area contributed by atoms with Crippen LogP contribution in [0.1, 0.15) is 21.5 Å². The van der Waals surface area contributed by atoms with Gasteiger partial charge in [-0.15, -0.1) is 0 Å². The van der Waals surface area contributed by atoms with E-state index in [1.807, 2.05) is 18.2 Å². The van der Waals surface area contributed by atoms with E-state index >= 15 is 0 Å². The predicted octanol–water partition coefficient (Wildman–Crippen LogP) is 5.35. The molecule has 31 heavy (non-hydrogen) atoms. The number of hydrazone groups is 1. The molecule has 3 aromatic rings. The molecule has 3 rings (SSSR count). The summed E-state index contributed by atoms with van der Waals surface area (Å²) in [4.78, 5) is 12.3. The van der Waals surface area contributed by atoms with Crippen molar-refractivity contribution in [2.24, 2.45) is 5.10 Å². The molecule has 1 amide bonds. The van der Waals surface area contributed by atoms with Crippen LogP contribution >= 0.6 is 23.2 Å². The van der Waals surface area contributed by atoms with Crippen LogP contribution in [-0.4, -0.2) is 26.3 Å². The quantitative estimate of drug-likeness (QED) is 0.364. The maximum Gasteiger partial charge on any atom is 0.271 e. The number of ether oxygens (including phenoxy) is 3. The van der Waals surface area contributed by atoms with Gasteiger partial charge in [-0.05, 0) is 54.1 Å². The molecular formula is C23H20Cl2N2O4. The molecule has 0 saturated carbocycles. The minimum atomic E-state index is -0.381. The van der Waals surface area contributed by atoms with Gasteiger partial charge in [0, 0.05) is 27.2 Å². The molecule has 1 N–H and O–H groups in total. The highest BCUT2D eigenvalue weighted by Gasteiger charge is 2.09. The van der Waals surface area contributed by atoms with Crippen LogP contribution in [0.3, 0.4) is 0 Å². The molecule has 0 bridgehead atoms. The van der Waals surface area contributed by atoms with Gasteiger partial charge in [-0.3, -0.25) is 4.79 Å². The Morgan fingerprint density at radius 1 is 0.935 bits per heavy atom. The summed E-state index contributed by atoms with van der Waals surface area (Å²) in [6, 6.07) is 17.4. The van der Waals surface area contributed by atoms with E-state index in [2.05, 4.69) is 10.5 Å². The number of hydrogen-bond acceptors (Lipinski definition) is 5. The van der Waals surface area contributed by atoms with Crippen LogP contribution in [-0.2, 0) is 6.61 Å². The van der Waals surface area contributed by atoms with Gasteiger partial charge < -0.3 is 14.2 Å². The monoisotopic (exact) mass is 458 g/mol. The summed E-state index contributed by atoms with van der Waals surface area (Å²) < 4.78 is 16.1. The fourth-order valence-corrected chi connectivity index (χ4v) is 3.08. The van der Waals surface area contributed by atoms with Crippen molar-refractivity contribution >= 4 is 35.3 Å². The third kappa shape index (κ3) is 6.38. The SMILES string of the molecule is COc1cc(OC)cc(C(=O)N/N=C\c2ccc(OCc3ccc(Cl)cc3Cl)cc2)c1. The van der Waals surface area contributed by atoms with Crippen LogP contribution in [0.4, 0.5) is 0 Å². The summed E-state index contributed by atoms with van der Waals surface area (Å²) in [7, 11) is 3.04. The molecule has 0 aliphatic heterocycles. The maximum atomic E-state index is 12.3. The zero-order chi connectivity index (χ0) is 22.2. The Kier molecular flexibility index (Phi) is 7.76. The smallest absolute Gasteiger partial charge is 0.271 e. The number of carbonyl (C=O) groups excluding carboxylic acids is 1. The van der Waals surface area contributed by atoms with Crippen molar-refractivity contribution in [1.29, 1.82) is 0 Å². The largest absolute Gasteiger partial charge is 0.497 e. The van der Waals surface area contributed by atoms with E-state index in [4.69, 9.17) is 37.4 Å². The van der Waals surface area contributed by atoms with Gasteiger partial charge in [0.2, 0.25) is 0 Å². The molecule has 0 aliphatic carbocycles. The summed E-state index contributed by atoms with van der Waals surface area (Å²) in [5.74, 6) is 1.33. The van der Waals surface area contributed by atoms with Crippen molar-refractivity contribution in [3.8, 4) is 17.2 Å². The average molecular weight is 459 g/mol. The highest BCUT2D eigenvalue weighted by atomic mass is 35.5. The van der Waals surface area contributed by atoms with Gasteiger partial charge in [-0.2, -0.15) is 5.10 Å². The molecule has 0 aromatic heterocycles. The molecule has 0 radical (unpaired) electrons. The Labute approximate surface area is 190 Å². The van der Waals surface area contributed by atoms with Crippen molar-refractivity contribution in [1.82, 2.24) is 5.43 Å². The van der Waals surface area contributed by atoms with Gasteiger partial charge in [-0.1, -0.05) is 29.3 Å².